The number of aryl methyl sites for hydroxylation is 1. The molecule has 1 saturated heterocycles. The first-order valence-electron chi connectivity index (χ1n) is 10.1. The quantitative estimate of drug-likeness (QED) is 0.536. The minimum atomic E-state index is -4.04. The van der Waals surface area contributed by atoms with Crippen LogP contribution in [0.4, 0.5) is 5.00 Å². The lowest BCUT2D eigenvalue weighted by atomic mass is 10.2. The summed E-state index contributed by atoms with van der Waals surface area (Å²) in [7, 11) is -8.01. The molecule has 2 aromatic carbocycles. The molecule has 3 aromatic rings. The van der Waals surface area contributed by atoms with Crippen LogP contribution < -0.4 is 4.90 Å². The summed E-state index contributed by atoms with van der Waals surface area (Å²) in [5.41, 5.74) is 0.922. The number of anilines is 1. The minimum Gasteiger partial charge on any atom is -0.372 e. The van der Waals surface area contributed by atoms with Gasteiger partial charge in [-0.1, -0.05) is 47.2 Å². The van der Waals surface area contributed by atoms with Crippen LogP contribution in [0.5, 0.6) is 0 Å². The van der Waals surface area contributed by atoms with E-state index in [2.05, 4.69) is 4.98 Å². The van der Waals surface area contributed by atoms with Crippen LogP contribution in [-0.4, -0.2) is 47.1 Å². The Balaban J connectivity index is 1.89. The smallest absolute Gasteiger partial charge is 0.233 e. The van der Waals surface area contributed by atoms with Gasteiger partial charge in [0.05, 0.1) is 22.0 Å². The number of morpholine rings is 1. The molecule has 0 amide bonds. The van der Waals surface area contributed by atoms with E-state index >= 15 is 0 Å². The molecule has 0 spiro atoms. The molecular formula is C22H24N2O5S3. The van der Waals surface area contributed by atoms with E-state index in [-0.39, 0.29) is 31.4 Å². The normalized spacial score (nSPS) is 19.8. The molecule has 1 aliphatic rings. The molecule has 1 fully saturated rings. The summed E-state index contributed by atoms with van der Waals surface area (Å²) in [5, 5.41) is 0.0873. The molecule has 32 heavy (non-hydrogen) atoms. The van der Waals surface area contributed by atoms with Gasteiger partial charge in [-0.25, -0.2) is 21.8 Å². The predicted octanol–water partition coefficient (Wildman–Crippen LogP) is 3.73. The van der Waals surface area contributed by atoms with Crippen LogP contribution in [0.1, 0.15) is 19.4 Å². The van der Waals surface area contributed by atoms with Crippen molar-refractivity contribution in [1.82, 2.24) is 4.98 Å². The number of aromatic nitrogens is 1. The van der Waals surface area contributed by atoms with Crippen molar-refractivity contribution in [3.63, 3.8) is 0 Å². The highest BCUT2D eigenvalue weighted by Gasteiger charge is 2.35. The van der Waals surface area contributed by atoms with E-state index in [1.807, 2.05) is 25.7 Å². The number of nitrogens with zero attached hydrogens (tertiary/aromatic N) is 2. The van der Waals surface area contributed by atoms with E-state index in [9.17, 15) is 16.8 Å². The first kappa shape index (κ1) is 22.9. The highest BCUT2D eigenvalue weighted by atomic mass is 32.2. The van der Waals surface area contributed by atoms with E-state index in [0.717, 1.165) is 16.9 Å². The van der Waals surface area contributed by atoms with Crippen LogP contribution in [0.2, 0.25) is 0 Å². The lowest BCUT2D eigenvalue weighted by Crippen LogP contribution is -2.45. The van der Waals surface area contributed by atoms with E-state index in [4.69, 9.17) is 4.74 Å². The zero-order valence-corrected chi connectivity index (χ0v) is 20.4. The second-order valence-electron chi connectivity index (χ2n) is 7.89. The fourth-order valence-electron chi connectivity index (χ4n) is 3.64. The number of benzene rings is 2. The van der Waals surface area contributed by atoms with E-state index in [1.54, 1.807) is 30.3 Å². The first-order chi connectivity index (χ1) is 15.1. The minimum absolute atomic E-state index is 0.0725. The van der Waals surface area contributed by atoms with Gasteiger partial charge < -0.3 is 9.64 Å². The van der Waals surface area contributed by atoms with Gasteiger partial charge in [-0.05, 0) is 45.0 Å². The Morgan fingerprint density at radius 2 is 1.44 bits per heavy atom. The Morgan fingerprint density at radius 1 is 0.875 bits per heavy atom. The summed E-state index contributed by atoms with van der Waals surface area (Å²) in [6.45, 7) is 6.55. The molecule has 2 atom stereocenters. The standard InChI is InChI=1S/C22H24N2O5S3/c1-15-9-11-19(12-10-15)31(25,26)20-21(24-13-16(2)29-17(3)14-24)30-22(23-20)32(27,28)18-7-5-4-6-8-18/h4-12,16-17H,13-14H2,1-3H3/t16-,17-/m1/s1. The van der Waals surface area contributed by atoms with Gasteiger partial charge in [0.1, 0.15) is 5.00 Å². The van der Waals surface area contributed by atoms with Gasteiger partial charge in [0, 0.05) is 13.1 Å². The molecule has 0 N–H and O–H groups in total. The number of thiazole rings is 1. The zero-order chi connectivity index (χ0) is 23.1. The van der Waals surface area contributed by atoms with E-state index < -0.39 is 19.7 Å². The van der Waals surface area contributed by atoms with Gasteiger partial charge in [-0.3, -0.25) is 0 Å². The van der Waals surface area contributed by atoms with Crippen molar-refractivity contribution in [2.45, 2.75) is 52.1 Å². The van der Waals surface area contributed by atoms with Gasteiger partial charge in [0.2, 0.25) is 24.0 Å². The van der Waals surface area contributed by atoms with E-state index in [0.29, 0.717) is 18.1 Å². The number of hydrogen-bond donors (Lipinski definition) is 0. The Labute approximate surface area is 192 Å². The molecule has 4 rings (SSSR count). The second-order valence-corrected chi connectivity index (χ2v) is 12.9. The molecule has 2 heterocycles. The topological polar surface area (TPSA) is 93.6 Å². The third kappa shape index (κ3) is 4.32. The monoisotopic (exact) mass is 492 g/mol. The molecule has 0 aliphatic carbocycles. The van der Waals surface area contributed by atoms with Crippen molar-refractivity contribution < 1.29 is 21.6 Å². The van der Waals surface area contributed by atoms with Gasteiger partial charge in [0.15, 0.2) is 5.03 Å². The third-order valence-corrected chi connectivity index (χ3v) is 10.2. The van der Waals surface area contributed by atoms with Crippen molar-refractivity contribution in [3.8, 4) is 0 Å². The maximum Gasteiger partial charge on any atom is 0.233 e. The number of sulfone groups is 2. The summed E-state index contributed by atoms with van der Waals surface area (Å²) in [6.07, 6.45) is -0.269. The molecular weight excluding hydrogens is 468 g/mol. The Bertz CT molecular complexity index is 1310. The Morgan fingerprint density at radius 3 is 2.03 bits per heavy atom. The molecule has 0 radical (unpaired) electrons. The molecule has 0 bridgehead atoms. The van der Waals surface area contributed by atoms with Gasteiger partial charge >= 0.3 is 0 Å². The lowest BCUT2D eigenvalue weighted by molar-refractivity contribution is -0.00517. The lowest BCUT2D eigenvalue weighted by Gasteiger charge is -2.36. The van der Waals surface area contributed by atoms with Gasteiger partial charge in [-0.2, -0.15) is 0 Å². The maximum atomic E-state index is 13.5. The Kier molecular flexibility index (Phi) is 6.15. The fraction of sp³-hybridized carbons (Fsp3) is 0.318. The van der Waals surface area contributed by atoms with Crippen LogP contribution in [0.25, 0.3) is 0 Å². The van der Waals surface area contributed by atoms with Crippen molar-refractivity contribution in [1.29, 1.82) is 0 Å². The number of hydrogen-bond acceptors (Lipinski definition) is 8. The number of ether oxygens (including phenoxy) is 1. The number of rotatable bonds is 5. The molecule has 10 heteroatoms. The fourth-order valence-corrected chi connectivity index (χ4v) is 8.11. The SMILES string of the molecule is Cc1ccc(S(=O)(=O)c2nc(S(=O)(=O)c3ccccc3)sc2N2C[C@@H](C)O[C@H](C)C2)cc1. The van der Waals surface area contributed by atoms with Crippen molar-refractivity contribution in [2.75, 3.05) is 18.0 Å². The molecule has 0 saturated carbocycles. The summed E-state index contributed by atoms with van der Waals surface area (Å²) >= 11 is 0.889. The zero-order valence-electron chi connectivity index (χ0n) is 17.9. The largest absolute Gasteiger partial charge is 0.372 e. The van der Waals surface area contributed by atoms with Crippen molar-refractivity contribution in [2.24, 2.45) is 0 Å². The average Bonchev–Trinajstić information content (AvgIpc) is 3.21. The van der Waals surface area contributed by atoms with Crippen LogP contribution in [0.3, 0.4) is 0 Å². The van der Waals surface area contributed by atoms with E-state index in [1.165, 1.54) is 24.3 Å². The molecule has 7 nitrogen and oxygen atoms in total. The highest BCUT2D eigenvalue weighted by Crippen LogP contribution is 2.40. The van der Waals surface area contributed by atoms with Crippen LogP contribution in [0.15, 0.2) is 73.8 Å². The summed E-state index contributed by atoms with van der Waals surface area (Å²) in [6, 6.07) is 14.4. The van der Waals surface area contributed by atoms with Crippen LogP contribution in [0, 0.1) is 6.92 Å². The van der Waals surface area contributed by atoms with Gasteiger partial charge in [-0.15, -0.1) is 0 Å². The summed E-state index contributed by atoms with van der Waals surface area (Å²) < 4.78 is 59.1. The summed E-state index contributed by atoms with van der Waals surface area (Å²) in [4.78, 5) is 6.23. The Hall–Kier alpha value is -2.27. The van der Waals surface area contributed by atoms with Crippen molar-refractivity contribution >= 4 is 36.0 Å². The van der Waals surface area contributed by atoms with Gasteiger partial charge in [0.25, 0.3) is 0 Å². The molecule has 170 valence electrons. The maximum absolute atomic E-state index is 13.5. The first-order valence-corrected chi connectivity index (χ1v) is 13.9. The second kappa shape index (κ2) is 8.58. The molecule has 1 aliphatic heterocycles. The third-order valence-electron chi connectivity index (χ3n) is 5.14. The van der Waals surface area contributed by atoms with Crippen LogP contribution in [-0.2, 0) is 24.4 Å². The predicted molar refractivity (Wildman–Crippen MR) is 123 cm³/mol. The molecule has 1 aromatic heterocycles. The highest BCUT2D eigenvalue weighted by molar-refractivity contribution is 7.94. The summed E-state index contributed by atoms with van der Waals surface area (Å²) in [5.74, 6) is 0. The van der Waals surface area contributed by atoms with Crippen molar-refractivity contribution in [3.05, 3.63) is 60.2 Å². The molecule has 0 unspecified atom stereocenters. The van der Waals surface area contributed by atoms with Crippen LogP contribution >= 0.6 is 11.3 Å². The average molecular weight is 493 g/mol.